The minimum absolute atomic E-state index is 0.886. The molecule has 0 saturated carbocycles. The third-order valence-corrected chi connectivity index (χ3v) is 6.30. The average molecular weight is 398 g/mol. The number of hydrogen-bond acceptors (Lipinski definition) is 4. The van der Waals surface area contributed by atoms with Crippen LogP contribution in [-0.2, 0) is 0 Å². The van der Waals surface area contributed by atoms with Gasteiger partial charge in [0.05, 0.1) is 11.2 Å². The van der Waals surface area contributed by atoms with Gasteiger partial charge < -0.3 is 10.3 Å². The fraction of sp³-hybridized carbons (Fsp3) is 0.130. The number of nitrogens with one attached hydrogen (secondary N) is 3. The van der Waals surface area contributed by atoms with Crippen molar-refractivity contribution in [3.8, 4) is 22.5 Å². The molecule has 0 atom stereocenters. The van der Waals surface area contributed by atoms with Gasteiger partial charge in [-0.05, 0) is 76.3 Å². The maximum absolute atomic E-state index is 4.63. The molecule has 0 amide bonds. The molecule has 1 aromatic carbocycles. The highest BCUT2D eigenvalue weighted by atomic mass is 32.1. The van der Waals surface area contributed by atoms with E-state index in [0.29, 0.717) is 0 Å². The third-order valence-electron chi connectivity index (χ3n) is 5.62. The van der Waals surface area contributed by atoms with Crippen molar-refractivity contribution in [1.82, 2.24) is 25.5 Å². The van der Waals surface area contributed by atoms with E-state index in [9.17, 15) is 0 Å². The predicted molar refractivity (Wildman–Crippen MR) is 120 cm³/mol. The van der Waals surface area contributed by atoms with Crippen molar-refractivity contribution in [3.63, 3.8) is 0 Å². The molecule has 0 unspecified atom stereocenters. The summed E-state index contributed by atoms with van der Waals surface area (Å²) >= 11 is 1.71. The Morgan fingerprint density at radius 2 is 2.00 bits per heavy atom. The first-order valence-electron chi connectivity index (χ1n) is 9.76. The molecule has 0 spiro atoms. The lowest BCUT2D eigenvalue weighted by Crippen LogP contribution is -2.19. The standard InChI is InChI=1S/C23H19N5S/c1-2-20-19(11-15(1)14-3-7-24-8-4-14)22(28-27-20)21-12-18-17(16-6-10-29-13-16)5-9-25-23(18)26-21/h1-3,5-6,9-13,24H,4,7-8H2,(H,25,26)(H,27,28). The summed E-state index contributed by atoms with van der Waals surface area (Å²) in [5, 5.41) is 17.7. The maximum Gasteiger partial charge on any atom is 0.138 e. The lowest BCUT2D eigenvalue weighted by Gasteiger charge is -2.14. The fourth-order valence-corrected chi connectivity index (χ4v) is 4.78. The smallest absolute Gasteiger partial charge is 0.138 e. The highest BCUT2D eigenvalue weighted by Crippen LogP contribution is 2.34. The van der Waals surface area contributed by atoms with Crippen LogP contribution in [-0.4, -0.2) is 33.3 Å². The molecule has 1 aliphatic heterocycles. The molecule has 5 heterocycles. The lowest BCUT2D eigenvalue weighted by molar-refractivity contribution is 0.739. The number of thiophene rings is 1. The van der Waals surface area contributed by atoms with Gasteiger partial charge in [-0.2, -0.15) is 16.4 Å². The van der Waals surface area contributed by atoms with Crippen LogP contribution < -0.4 is 5.32 Å². The molecule has 0 bridgehead atoms. The largest absolute Gasteiger partial charge is 0.338 e. The summed E-state index contributed by atoms with van der Waals surface area (Å²) in [5.41, 5.74) is 8.94. The normalized spacial score (nSPS) is 14.6. The zero-order valence-electron chi connectivity index (χ0n) is 15.7. The van der Waals surface area contributed by atoms with Gasteiger partial charge in [-0.15, -0.1) is 0 Å². The molecule has 5 nitrogen and oxygen atoms in total. The molecular formula is C23H19N5S. The Morgan fingerprint density at radius 1 is 1.00 bits per heavy atom. The van der Waals surface area contributed by atoms with Crippen molar-refractivity contribution >= 4 is 38.8 Å². The Labute approximate surface area is 171 Å². The summed E-state index contributed by atoms with van der Waals surface area (Å²) in [4.78, 5) is 8.02. The van der Waals surface area contributed by atoms with E-state index in [0.717, 1.165) is 52.8 Å². The molecule has 4 aromatic heterocycles. The van der Waals surface area contributed by atoms with E-state index >= 15 is 0 Å². The third kappa shape index (κ3) is 2.80. The van der Waals surface area contributed by atoms with Crippen LogP contribution in [0.5, 0.6) is 0 Å². The highest BCUT2D eigenvalue weighted by Gasteiger charge is 2.15. The van der Waals surface area contributed by atoms with Gasteiger partial charge in [-0.3, -0.25) is 5.10 Å². The average Bonchev–Trinajstić information content (AvgIpc) is 3.52. The molecule has 0 aliphatic carbocycles. The van der Waals surface area contributed by atoms with Crippen molar-refractivity contribution in [1.29, 1.82) is 0 Å². The number of benzene rings is 1. The van der Waals surface area contributed by atoms with Gasteiger partial charge >= 0.3 is 0 Å². The molecule has 3 N–H and O–H groups in total. The van der Waals surface area contributed by atoms with Crippen LogP contribution in [0.25, 0.3) is 50.0 Å². The number of fused-ring (bicyclic) bond motifs is 2. The predicted octanol–water partition coefficient (Wildman–Crippen LogP) is 5.21. The number of rotatable bonds is 3. The molecule has 5 aromatic rings. The first kappa shape index (κ1) is 16.7. The minimum atomic E-state index is 0.886. The van der Waals surface area contributed by atoms with E-state index in [1.54, 1.807) is 11.3 Å². The highest BCUT2D eigenvalue weighted by molar-refractivity contribution is 7.08. The molecule has 0 saturated heterocycles. The van der Waals surface area contributed by atoms with Gasteiger partial charge in [0.2, 0.25) is 0 Å². The monoisotopic (exact) mass is 397 g/mol. The zero-order chi connectivity index (χ0) is 19.2. The number of aromatic nitrogens is 4. The van der Waals surface area contributed by atoms with Crippen LogP contribution in [0.3, 0.4) is 0 Å². The van der Waals surface area contributed by atoms with Gasteiger partial charge in [-0.25, -0.2) is 4.98 Å². The van der Waals surface area contributed by atoms with Crippen LogP contribution in [0.2, 0.25) is 0 Å². The second kappa shape index (κ2) is 6.69. The van der Waals surface area contributed by atoms with E-state index in [1.165, 1.54) is 22.3 Å². The molecule has 0 fully saturated rings. The van der Waals surface area contributed by atoms with Crippen molar-refractivity contribution < 1.29 is 0 Å². The molecule has 142 valence electrons. The second-order valence-electron chi connectivity index (χ2n) is 7.33. The Kier molecular flexibility index (Phi) is 3.85. The van der Waals surface area contributed by atoms with Crippen molar-refractivity contribution in [2.75, 3.05) is 13.1 Å². The van der Waals surface area contributed by atoms with Gasteiger partial charge in [0.15, 0.2) is 0 Å². The summed E-state index contributed by atoms with van der Waals surface area (Å²) in [5.74, 6) is 0. The van der Waals surface area contributed by atoms with Gasteiger partial charge in [0.1, 0.15) is 11.3 Å². The zero-order valence-corrected chi connectivity index (χ0v) is 16.5. The first-order chi connectivity index (χ1) is 14.4. The topological polar surface area (TPSA) is 69.4 Å². The van der Waals surface area contributed by atoms with E-state index in [2.05, 4.69) is 78.7 Å². The maximum atomic E-state index is 4.63. The Balaban J connectivity index is 1.50. The second-order valence-corrected chi connectivity index (χ2v) is 8.11. The molecule has 6 rings (SSSR count). The number of pyridine rings is 1. The molecule has 6 heteroatoms. The van der Waals surface area contributed by atoms with Crippen LogP contribution in [0.4, 0.5) is 0 Å². The molecule has 29 heavy (non-hydrogen) atoms. The number of aromatic amines is 2. The van der Waals surface area contributed by atoms with E-state index in [4.69, 9.17) is 0 Å². The number of nitrogens with zero attached hydrogens (tertiary/aromatic N) is 2. The van der Waals surface area contributed by atoms with Crippen molar-refractivity contribution in [2.24, 2.45) is 0 Å². The Hall–Kier alpha value is -3.22. The van der Waals surface area contributed by atoms with Gasteiger partial charge in [0.25, 0.3) is 0 Å². The van der Waals surface area contributed by atoms with E-state index < -0.39 is 0 Å². The van der Waals surface area contributed by atoms with Crippen LogP contribution in [0.15, 0.2) is 59.4 Å². The van der Waals surface area contributed by atoms with E-state index in [-0.39, 0.29) is 0 Å². The van der Waals surface area contributed by atoms with Crippen molar-refractivity contribution in [2.45, 2.75) is 6.42 Å². The molecule has 0 radical (unpaired) electrons. The molecule has 1 aliphatic rings. The summed E-state index contributed by atoms with van der Waals surface area (Å²) in [7, 11) is 0. The number of H-pyrrole nitrogens is 2. The SMILES string of the molecule is C1=C(c2ccc3[nH]nc(-c4cc5c(-c6ccsc6)ccnc5[nH]4)c3c2)CCNC1. The number of hydrogen-bond donors (Lipinski definition) is 3. The van der Waals surface area contributed by atoms with Gasteiger partial charge in [0, 0.05) is 23.5 Å². The Bertz CT molecular complexity index is 1360. The summed E-state index contributed by atoms with van der Waals surface area (Å²) in [6.45, 7) is 1.96. The van der Waals surface area contributed by atoms with Crippen molar-refractivity contribution in [3.05, 3.63) is 65.0 Å². The lowest BCUT2D eigenvalue weighted by atomic mass is 9.98. The summed E-state index contributed by atoms with van der Waals surface area (Å²) in [6, 6.07) is 13.0. The minimum Gasteiger partial charge on any atom is -0.338 e. The quantitative estimate of drug-likeness (QED) is 0.391. The van der Waals surface area contributed by atoms with Crippen LogP contribution in [0, 0.1) is 0 Å². The molecular weight excluding hydrogens is 378 g/mol. The Morgan fingerprint density at radius 3 is 2.86 bits per heavy atom. The fourth-order valence-electron chi connectivity index (χ4n) is 4.13. The van der Waals surface area contributed by atoms with E-state index in [1.807, 2.05) is 6.20 Å². The van der Waals surface area contributed by atoms with Gasteiger partial charge in [-0.1, -0.05) is 12.1 Å². The summed E-state index contributed by atoms with van der Waals surface area (Å²) in [6.07, 6.45) is 5.20. The van der Waals surface area contributed by atoms with Crippen LogP contribution in [0.1, 0.15) is 12.0 Å². The summed E-state index contributed by atoms with van der Waals surface area (Å²) < 4.78 is 0. The first-order valence-corrected chi connectivity index (χ1v) is 10.7. The van der Waals surface area contributed by atoms with Crippen LogP contribution >= 0.6 is 11.3 Å².